The van der Waals surface area contributed by atoms with E-state index in [1.54, 1.807) is 0 Å². The first-order valence-corrected chi connectivity index (χ1v) is 6.87. The summed E-state index contributed by atoms with van der Waals surface area (Å²) in [5, 5.41) is 2.94. The van der Waals surface area contributed by atoms with Crippen LogP contribution in [0.1, 0.15) is 38.3 Å². The number of hydrogen-bond acceptors (Lipinski definition) is 2. The van der Waals surface area contributed by atoms with E-state index in [0.29, 0.717) is 13.0 Å². The molecule has 0 heterocycles. The zero-order chi connectivity index (χ0) is 14.5. The molecule has 19 heavy (non-hydrogen) atoms. The van der Waals surface area contributed by atoms with Gasteiger partial charge in [-0.1, -0.05) is 45.0 Å². The molecule has 0 saturated carbocycles. The zero-order valence-corrected chi connectivity index (χ0v) is 12.5. The highest BCUT2D eigenvalue weighted by atomic mass is 16.1. The highest BCUT2D eigenvalue weighted by molar-refractivity contribution is 5.76. The molecule has 0 bridgehead atoms. The lowest BCUT2D eigenvalue weighted by atomic mass is 9.85. The minimum Gasteiger partial charge on any atom is -0.356 e. The lowest BCUT2D eigenvalue weighted by Gasteiger charge is -2.26. The Morgan fingerprint density at radius 2 is 1.95 bits per heavy atom. The molecule has 3 nitrogen and oxygen atoms in total. The van der Waals surface area contributed by atoms with E-state index in [4.69, 9.17) is 5.73 Å². The maximum absolute atomic E-state index is 11.8. The van der Waals surface area contributed by atoms with Crippen LogP contribution in [0, 0.1) is 12.3 Å². The van der Waals surface area contributed by atoms with Gasteiger partial charge in [0, 0.05) is 19.0 Å². The van der Waals surface area contributed by atoms with Gasteiger partial charge in [0.1, 0.15) is 0 Å². The van der Waals surface area contributed by atoms with Gasteiger partial charge in [-0.25, -0.2) is 0 Å². The van der Waals surface area contributed by atoms with Crippen molar-refractivity contribution in [1.82, 2.24) is 5.32 Å². The Labute approximate surface area is 116 Å². The van der Waals surface area contributed by atoms with Crippen molar-refractivity contribution in [2.45, 2.75) is 46.6 Å². The number of amides is 1. The largest absolute Gasteiger partial charge is 0.356 e. The molecule has 1 aromatic rings. The van der Waals surface area contributed by atoms with E-state index < -0.39 is 0 Å². The molecule has 1 amide bonds. The molecule has 106 valence electrons. The number of hydrogen-bond donors (Lipinski definition) is 2. The Balaban J connectivity index is 2.34. The van der Waals surface area contributed by atoms with Gasteiger partial charge in [-0.05, 0) is 29.9 Å². The van der Waals surface area contributed by atoms with E-state index in [-0.39, 0.29) is 17.4 Å². The average molecular weight is 262 g/mol. The van der Waals surface area contributed by atoms with Crippen LogP contribution in [0.2, 0.25) is 0 Å². The SMILES string of the molecule is Cc1ccccc1CCNC(=O)CC(N)C(C)(C)C. The maximum Gasteiger partial charge on any atom is 0.221 e. The van der Waals surface area contributed by atoms with Crippen molar-refractivity contribution in [2.75, 3.05) is 6.54 Å². The second kappa shape index (κ2) is 6.71. The van der Waals surface area contributed by atoms with Crippen LogP contribution >= 0.6 is 0 Å². The van der Waals surface area contributed by atoms with E-state index in [1.165, 1.54) is 11.1 Å². The Morgan fingerprint density at radius 1 is 1.32 bits per heavy atom. The molecule has 3 heteroatoms. The number of nitrogens with two attached hydrogens (primary N) is 1. The lowest BCUT2D eigenvalue weighted by Crippen LogP contribution is -2.40. The van der Waals surface area contributed by atoms with Crippen molar-refractivity contribution in [3.63, 3.8) is 0 Å². The Hall–Kier alpha value is -1.35. The van der Waals surface area contributed by atoms with Gasteiger partial charge in [0.05, 0.1) is 0 Å². The topological polar surface area (TPSA) is 55.1 Å². The summed E-state index contributed by atoms with van der Waals surface area (Å²) in [4.78, 5) is 11.8. The van der Waals surface area contributed by atoms with Crippen molar-refractivity contribution in [2.24, 2.45) is 11.1 Å². The summed E-state index contributed by atoms with van der Waals surface area (Å²) in [7, 11) is 0. The monoisotopic (exact) mass is 262 g/mol. The third kappa shape index (κ3) is 5.43. The van der Waals surface area contributed by atoms with Gasteiger partial charge in [-0.3, -0.25) is 4.79 Å². The van der Waals surface area contributed by atoms with Gasteiger partial charge in [0.15, 0.2) is 0 Å². The summed E-state index contributed by atoms with van der Waals surface area (Å²) in [6.45, 7) is 8.92. The maximum atomic E-state index is 11.8. The van der Waals surface area contributed by atoms with Crippen molar-refractivity contribution in [3.05, 3.63) is 35.4 Å². The third-order valence-corrected chi connectivity index (χ3v) is 3.50. The number of carbonyl (C=O) groups is 1. The summed E-state index contributed by atoms with van der Waals surface area (Å²) in [6.07, 6.45) is 1.25. The van der Waals surface area contributed by atoms with Crippen molar-refractivity contribution in [3.8, 4) is 0 Å². The van der Waals surface area contributed by atoms with Crippen LogP contribution in [-0.4, -0.2) is 18.5 Å². The first-order valence-electron chi connectivity index (χ1n) is 6.87. The molecular formula is C16H26N2O. The van der Waals surface area contributed by atoms with E-state index in [9.17, 15) is 4.79 Å². The highest BCUT2D eigenvalue weighted by Gasteiger charge is 2.22. The molecule has 0 aliphatic carbocycles. The van der Waals surface area contributed by atoms with Crippen molar-refractivity contribution in [1.29, 1.82) is 0 Å². The van der Waals surface area contributed by atoms with Crippen LogP contribution in [0.4, 0.5) is 0 Å². The van der Waals surface area contributed by atoms with E-state index >= 15 is 0 Å². The molecule has 1 aromatic carbocycles. The highest BCUT2D eigenvalue weighted by Crippen LogP contribution is 2.19. The van der Waals surface area contributed by atoms with E-state index in [0.717, 1.165) is 6.42 Å². The summed E-state index contributed by atoms with van der Waals surface area (Å²) in [6, 6.07) is 8.14. The van der Waals surface area contributed by atoms with Crippen molar-refractivity contribution < 1.29 is 4.79 Å². The molecule has 1 atom stereocenters. The third-order valence-electron chi connectivity index (χ3n) is 3.50. The van der Waals surface area contributed by atoms with Gasteiger partial charge in [-0.15, -0.1) is 0 Å². The zero-order valence-electron chi connectivity index (χ0n) is 12.5. The Bertz CT molecular complexity index is 421. The Kier molecular flexibility index (Phi) is 5.55. The van der Waals surface area contributed by atoms with Crippen LogP contribution in [0.25, 0.3) is 0 Å². The Morgan fingerprint density at radius 3 is 2.53 bits per heavy atom. The van der Waals surface area contributed by atoms with Gasteiger partial charge < -0.3 is 11.1 Å². The molecule has 0 aliphatic heterocycles. The van der Waals surface area contributed by atoms with Gasteiger partial charge >= 0.3 is 0 Å². The number of rotatable bonds is 5. The first kappa shape index (κ1) is 15.7. The predicted octanol–water partition coefficient (Wildman–Crippen LogP) is 2.42. The minimum atomic E-state index is -0.106. The quantitative estimate of drug-likeness (QED) is 0.856. The molecule has 0 aliphatic rings. The normalized spacial score (nSPS) is 13.1. The molecule has 0 spiro atoms. The molecule has 0 saturated heterocycles. The predicted molar refractivity (Wildman–Crippen MR) is 79.9 cm³/mol. The molecule has 0 aromatic heterocycles. The molecule has 0 fully saturated rings. The second-order valence-corrected chi connectivity index (χ2v) is 6.20. The molecule has 1 rings (SSSR count). The summed E-state index contributed by atoms with van der Waals surface area (Å²) < 4.78 is 0. The first-order chi connectivity index (χ1) is 8.80. The minimum absolute atomic E-state index is 0.0344. The smallest absolute Gasteiger partial charge is 0.221 e. The van der Waals surface area contributed by atoms with Gasteiger partial charge in [0.25, 0.3) is 0 Å². The number of benzene rings is 1. The summed E-state index contributed by atoms with van der Waals surface area (Å²) in [5.41, 5.74) is 8.51. The van der Waals surface area contributed by atoms with Crippen LogP contribution in [-0.2, 0) is 11.2 Å². The fourth-order valence-corrected chi connectivity index (χ4v) is 1.81. The number of carbonyl (C=O) groups excluding carboxylic acids is 1. The standard InChI is InChI=1S/C16H26N2O/c1-12-7-5-6-8-13(12)9-10-18-15(19)11-14(17)16(2,3)4/h5-8,14H,9-11,17H2,1-4H3,(H,18,19). The fourth-order valence-electron chi connectivity index (χ4n) is 1.81. The summed E-state index contributed by atoms with van der Waals surface area (Å²) >= 11 is 0. The number of nitrogens with one attached hydrogen (secondary N) is 1. The number of aryl methyl sites for hydroxylation is 1. The van der Waals surface area contributed by atoms with Crippen LogP contribution in [0.5, 0.6) is 0 Å². The van der Waals surface area contributed by atoms with Crippen molar-refractivity contribution >= 4 is 5.91 Å². The molecule has 1 unspecified atom stereocenters. The van der Waals surface area contributed by atoms with E-state index in [1.807, 2.05) is 12.1 Å². The molecular weight excluding hydrogens is 236 g/mol. The molecule has 3 N–H and O–H groups in total. The van der Waals surface area contributed by atoms with E-state index in [2.05, 4.69) is 45.1 Å². The second-order valence-electron chi connectivity index (χ2n) is 6.20. The lowest BCUT2D eigenvalue weighted by molar-refractivity contribution is -0.121. The van der Waals surface area contributed by atoms with Crippen LogP contribution in [0.15, 0.2) is 24.3 Å². The van der Waals surface area contributed by atoms with Gasteiger partial charge in [0.2, 0.25) is 5.91 Å². The summed E-state index contributed by atoms with van der Waals surface area (Å²) in [5.74, 6) is 0.0380. The van der Waals surface area contributed by atoms with Crippen LogP contribution in [0.3, 0.4) is 0 Å². The molecule has 0 radical (unpaired) electrons. The average Bonchev–Trinajstić information content (AvgIpc) is 2.30. The van der Waals surface area contributed by atoms with Crippen LogP contribution < -0.4 is 11.1 Å². The fraction of sp³-hybridized carbons (Fsp3) is 0.562. The van der Waals surface area contributed by atoms with Gasteiger partial charge in [-0.2, -0.15) is 0 Å².